The SMILES string of the molecule is O=S1CCCc2nc(N3CC=C(c4ccc(Cl)cc4)C3)nc(NC3(CO)CCC3)c21. The highest BCUT2D eigenvalue weighted by atomic mass is 35.5. The van der Waals surface area contributed by atoms with Crippen molar-refractivity contribution in [1.29, 1.82) is 0 Å². The molecule has 1 saturated carbocycles. The van der Waals surface area contributed by atoms with Gasteiger partial charge in [-0.05, 0) is 55.4 Å². The second-order valence-electron chi connectivity index (χ2n) is 8.34. The van der Waals surface area contributed by atoms with Crippen LogP contribution in [0.1, 0.15) is 36.9 Å². The standard InChI is InChI=1S/C22H25ClN4O2S/c23-17-6-4-15(5-7-17)16-8-11-27(13-16)21-24-18-3-1-12-30(29)19(18)20(25-21)26-22(14-28)9-2-10-22/h4-8,28H,1-3,9-14H2,(H,24,25,26). The van der Waals surface area contributed by atoms with Crippen molar-refractivity contribution < 1.29 is 9.32 Å². The topological polar surface area (TPSA) is 78.4 Å². The van der Waals surface area contributed by atoms with Gasteiger partial charge in [0.05, 0.1) is 28.6 Å². The minimum Gasteiger partial charge on any atom is -0.394 e. The van der Waals surface area contributed by atoms with Gasteiger partial charge >= 0.3 is 0 Å². The third-order valence-electron chi connectivity index (χ3n) is 6.31. The van der Waals surface area contributed by atoms with E-state index in [1.165, 1.54) is 5.57 Å². The van der Waals surface area contributed by atoms with Gasteiger partial charge in [-0.15, -0.1) is 0 Å². The molecular weight excluding hydrogens is 420 g/mol. The number of aliphatic hydroxyl groups excluding tert-OH is 1. The molecule has 1 aliphatic carbocycles. The van der Waals surface area contributed by atoms with Crippen LogP contribution in [0, 0.1) is 0 Å². The summed E-state index contributed by atoms with van der Waals surface area (Å²) >= 11 is 6.02. The second kappa shape index (κ2) is 7.94. The third-order valence-corrected chi connectivity index (χ3v) is 8.10. The lowest BCUT2D eigenvalue weighted by Gasteiger charge is -2.42. The van der Waals surface area contributed by atoms with E-state index in [0.29, 0.717) is 24.1 Å². The number of hydrogen-bond acceptors (Lipinski definition) is 6. The molecular formula is C22H25ClN4O2S. The smallest absolute Gasteiger partial charge is 0.228 e. The minimum atomic E-state index is -1.10. The monoisotopic (exact) mass is 444 g/mol. The Hall–Kier alpha value is -1.96. The molecule has 3 aliphatic rings. The minimum absolute atomic E-state index is 0.0553. The zero-order chi connectivity index (χ0) is 20.7. The van der Waals surface area contributed by atoms with Crippen LogP contribution in [0.25, 0.3) is 5.57 Å². The zero-order valence-electron chi connectivity index (χ0n) is 16.7. The lowest BCUT2D eigenvalue weighted by molar-refractivity contribution is 0.143. The quantitative estimate of drug-likeness (QED) is 0.735. The molecule has 30 heavy (non-hydrogen) atoms. The van der Waals surface area contributed by atoms with Crippen molar-refractivity contribution in [3.8, 4) is 0 Å². The first-order valence-corrected chi connectivity index (χ1v) is 12.1. The molecule has 3 heterocycles. The van der Waals surface area contributed by atoms with Crippen molar-refractivity contribution in [1.82, 2.24) is 9.97 Å². The molecule has 8 heteroatoms. The Morgan fingerprint density at radius 1 is 1.20 bits per heavy atom. The number of aryl methyl sites for hydroxylation is 1. The summed E-state index contributed by atoms with van der Waals surface area (Å²) in [5, 5.41) is 14.1. The number of hydrogen-bond donors (Lipinski definition) is 2. The number of nitrogens with zero attached hydrogens (tertiary/aromatic N) is 3. The highest BCUT2D eigenvalue weighted by molar-refractivity contribution is 7.85. The van der Waals surface area contributed by atoms with Crippen LogP contribution >= 0.6 is 11.6 Å². The van der Waals surface area contributed by atoms with Gasteiger partial charge in [0, 0.05) is 23.9 Å². The molecule has 0 amide bonds. The number of fused-ring (bicyclic) bond motifs is 1. The van der Waals surface area contributed by atoms with Gasteiger partial charge in [-0.1, -0.05) is 29.8 Å². The fourth-order valence-electron chi connectivity index (χ4n) is 4.35. The average molecular weight is 445 g/mol. The molecule has 6 nitrogen and oxygen atoms in total. The third kappa shape index (κ3) is 3.63. The highest BCUT2D eigenvalue weighted by Crippen LogP contribution is 2.38. The Morgan fingerprint density at radius 3 is 2.70 bits per heavy atom. The molecule has 1 aromatic heterocycles. The van der Waals surface area contributed by atoms with Gasteiger partial charge in [-0.3, -0.25) is 4.21 Å². The average Bonchev–Trinajstić information content (AvgIpc) is 3.21. The van der Waals surface area contributed by atoms with E-state index in [1.54, 1.807) is 0 Å². The summed E-state index contributed by atoms with van der Waals surface area (Å²) in [7, 11) is -1.10. The largest absolute Gasteiger partial charge is 0.394 e. The fraction of sp³-hybridized carbons (Fsp3) is 0.455. The lowest BCUT2D eigenvalue weighted by Crippen LogP contribution is -2.49. The maximum atomic E-state index is 12.8. The molecule has 0 spiro atoms. The summed E-state index contributed by atoms with van der Waals surface area (Å²) in [5.74, 6) is 1.94. The van der Waals surface area contributed by atoms with E-state index in [-0.39, 0.29) is 12.1 Å². The Kier molecular flexibility index (Phi) is 5.29. The number of benzene rings is 1. The number of aliphatic hydroxyl groups is 1. The first-order chi connectivity index (χ1) is 14.6. The Morgan fingerprint density at radius 2 is 2.00 bits per heavy atom. The molecule has 158 valence electrons. The summed E-state index contributed by atoms with van der Waals surface area (Å²) in [6.07, 6.45) is 6.75. The van der Waals surface area contributed by atoms with Gasteiger partial charge in [0.15, 0.2) is 0 Å². The van der Waals surface area contributed by atoms with Crippen LogP contribution in [0.3, 0.4) is 0 Å². The molecule has 0 saturated heterocycles. The first kappa shape index (κ1) is 20.0. The van der Waals surface area contributed by atoms with E-state index in [1.807, 2.05) is 24.3 Å². The predicted octanol–water partition coefficient (Wildman–Crippen LogP) is 3.41. The van der Waals surface area contributed by atoms with Crippen LogP contribution in [0.15, 0.2) is 35.2 Å². The van der Waals surface area contributed by atoms with Crippen molar-refractivity contribution in [2.45, 2.75) is 42.5 Å². The van der Waals surface area contributed by atoms with Gasteiger partial charge in [0.25, 0.3) is 0 Å². The molecule has 2 aromatic rings. The fourth-order valence-corrected chi connectivity index (χ4v) is 5.81. The van der Waals surface area contributed by atoms with E-state index < -0.39 is 10.8 Å². The first-order valence-electron chi connectivity index (χ1n) is 10.5. The molecule has 1 fully saturated rings. The van der Waals surface area contributed by atoms with Crippen molar-refractivity contribution >= 4 is 39.7 Å². The van der Waals surface area contributed by atoms with Gasteiger partial charge in [0.1, 0.15) is 10.7 Å². The van der Waals surface area contributed by atoms with Crippen molar-refractivity contribution in [2.24, 2.45) is 0 Å². The molecule has 5 rings (SSSR count). The molecule has 2 N–H and O–H groups in total. The maximum absolute atomic E-state index is 12.8. The Balaban J connectivity index is 1.45. The number of nitrogens with one attached hydrogen (secondary N) is 1. The maximum Gasteiger partial charge on any atom is 0.228 e. The van der Waals surface area contributed by atoms with E-state index >= 15 is 0 Å². The van der Waals surface area contributed by atoms with Gasteiger partial charge in [0.2, 0.25) is 5.95 Å². The molecule has 1 unspecified atom stereocenters. The van der Waals surface area contributed by atoms with E-state index in [0.717, 1.165) is 59.8 Å². The van der Waals surface area contributed by atoms with E-state index in [9.17, 15) is 9.32 Å². The molecule has 0 bridgehead atoms. The number of aromatic nitrogens is 2. The molecule has 2 aliphatic heterocycles. The summed E-state index contributed by atoms with van der Waals surface area (Å²) < 4.78 is 12.8. The number of anilines is 2. The molecule has 1 atom stereocenters. The summed E-state index contributed by atoms with van der Waals surface area (Å²) in [4.78, 5) is 12.5. The number of halogens is 1. The van der Waals surface area contributed by atoms with Crippen molar-refractivity contribution in [3.63, 3.8) is 0 Å². The van der Waals surface area contributed by atoms with Crippen LogP contribution in [0.4, 0.5) is 11.8 Å². The van der Waals surface area contributed by atoms with Crippen molar-refractivity contribution in [3.05, 3.63) is 46.6 Å². The highest BCUT2D eigenvalue weighted by Gasteiger charge is 2.38. The Labute approximate surface area is 183 Å². The van der Waals surface area contributed by atoms with Crippen LogP contribution in [0.2, 0.25) is 5.02 Å². The zero-order valence-corrected chi connectivity index (χ0v) is 18.3. The molecule has 1 aromatic carbocycles. The van der Waals surface area contributed by atoms with Crippen LogP contribution in [0.5, 0.6) is 0 Å². The normalized spacial score (nSPS) is 22.3. The van der Waals surface area contributed by atoms with E-state index in [4.69, 9.17) is 21.6 Å². The summed E-state index contributed by atoms with van der Waals surface area (Å²) in [6, 6.07) is 7.87. The van der Waals surface area contributed by atoms with Crippen LogP contribution in [-0.4, -0.2) is 50.3 Å². The second-order valence-corrected chi connectivity index (χ2v) is 10.3. The van der Waals surface area contributed by atoms with E-state index in [2.05, 4.69) is 16.3 Å². The van der Waals surface area contributed by atoms with Gasteiger partial charge in [-0.25, -0.2) is 4.98 Å². The van der Waals surface area contributed by atoms with Crippen LogP contribution < -0.4 is 10.2 Å². The molecule has 0 radical (unpaired) electrons. The summed E-state index contributed by atoms with van der Waals surface area (Å²) in [6.45, 7) is 1.50. The lowest BCUT2D eigenvalue weighted by atomic mass is 9.77. The number of rotatable bonds is 5. The van der Waals surface area contributed by atoms with Crippen LogP contribution in [-0.2, 0) is 17.2 Å². The van der Waals surface area contributed by atoms with Gasteiger partial charge < -0.3 is 15.3 Å². The van der Waals surface area contributed by atoms with Gasteiger partial charge in [-0.2, -0.15) is 4.98 Å². The predicted molar refractivity (Wildman–Crippen MR) is 121 cm³/mol. The Bertz CT molecular complexity index is 1020. The summed E-state index contributed by atoms with van der Waals surface area (Å²) in [5.41, 5.74) is 2.89. The van der Waals surface area contributed by atoms with Crippen molar-refractivity contribution in [2.75, 3.05) is 35.7 Å².